The number of nitrogens with zero attached hydrogens (tertiary/aromatic N) is 3. The Morgan fingerprint density at radius 2 is 0.461 bits per heavy atom. The lowest BCUT2D eigenvalue weighted by Gasteiger charge is -2.26. The van der Waals surface area contributed by atoms with Gasteiger partial charge in [-0.05, 0) is 172 Å². The quantitative estimate of drug-likeness (QED) is 0.0210. The van der Waals surface area contributed by atoms with Crippen LogP contribution < -0.4 is 55.1 Å². The highest BCUT2D eigenvalue weighted by Crippen LogP contribution is 2.39. The first-order valence-corrected chi connectivity index (χ1v) is 43.4. The number of para-hydroxylation sites is 6. The van der Waals surface area contributed by atoms with Gasteiger partial charge in [0.2, 0.25) is 0 Å². The van der Waals surface area contributed by atoms with Gasteiger partial charge in [-0.2, -0.15) is 0 Å². The van der Waals surface area contributed by atoms with E-state index in [1.54, 1.807) is 14.2 Å². The van der Waals surface area contributed by atoms with Crippen LogP contribution in [0.5, 0.6) is 80.5 Å². The highest BCUT2D eigenvalue weighted by Gasteiger charge is 2.26. The van der Waals surface area contributed by atoms with Crippen LogP contribution in [0.4, 0.5) is 0 Å². The minimum atomic E-state index is -1.02. The predicted octanol–water partition coefficient (Wildman–Crippen LogP) is 23.4. The zero-order chi connectivity index (χ0) is 92.1. The molecule has 0 aliphatic heterocycles. The number of carbonyl (C=O) groups is 3. The maximum Gasteiger partial charge on any atom is 0.320 e. The molecule has 20 nitrogen and oxygen atoms in total. The molecular weight excluding hydrogens is 1610 g/mol. The van der Waals surface area contributed by atoms with E-state index in [1.807, 2.05) is 243 Å². The Labute approximate surface area is 755 Å². The molecule has 20 heteroatoms. The van der Waals surface area contributed by atoms with Crippen LogP contribution in [-0.2, 0) is 75.3 Å². The molecule has 0 aliphatic carbocycles. The summed E-state index contributed by atoms with van der Waals surface area (Å²) in [5.74, 6) is 7.19. The zero-order valence-electron chi connectivity index (χ0n) is 76.3. The molecule has 0 saturated heterocycles. The summed E-state index contributed by atoms with van der Waals surface area (Å²) in [5, 5.41) is 28.3. The summed E-state index contributed by atoms with van der Waals surface area (Å²) in [6.07, 6.45) is 0.902. The van der Waals surface area contributed by atoms with E-state index in [2.05, 4.69) is 146 Å². The summed E-state index contributed by atoms with van der Waals surface area (Å²) in [6, 6.07) is 92.2. The number of aliphatic carboxylic acids is 3. The average molecular weight is 1730 g/mol. The van der Waals surface area contributed by atoms with Crippen molar-refractivity contribution in [2.45, 2.75) is 181 Å². The van der Waals surface area contributed by atoms with Crippen molar-refractivity contribution in [1.82, 2.24) is 14.7 Å². The van der Waals surface area contributed by atoms with Gasteiger partial charge in [0.25, 0.3) is 0 Å². The lowest BCUT2D eigenvalue weighted by Crippen LogP contribution is -2.35. The third kappa shape index (κ3) is 30.5. The lowest BCUT2D eigenvalue weighted by molar-refractivity contribution is -0.139. The number of rotatable bonds is 38. The Kier molecular flexibility index (Phi) is 35.1. The van der Waals surface area contributed by atoms with E-state index in [0.717, 1.165) is 79.4 Å². The Balaban J connectivity index is 0.000000200. The molecule has 0 heterocycles. The smallest absolute Gasteiger partial charge is 0.320 e. The highest BCUT2D eigenvalue weighted by molar-refractivity contribution is 5.74. The highest BCUT2D eigenvalue weighted by atomic mass is 16.5. The molecule has 12 aromatic rings. The number of ether oxygens (including phenoxy) is 8. The van der Waals surface area contributed by atoms with Crippen molar-refractivity contribution in [3.63, 3.8) is 0 Å². The summed E-state index contributed by atoms with van der Waals surface area (Å²) in [7, 11) is 3.23. The first-order valence-electron chi connectivity index (χ1n) is 43.4. The van der Waals surface area contributed by atoms with Crippen LogP contribution in [0, 0.1) is 0 Å². The van der Waals surface area contributed by atoms with Gasteiger partial charge in [0.15, 0.2) is 0 Å². The van der Waals surface area contributed by atoms with Gasteiger partial charge >= 0.3 is 17.9 Å². The monoisotopic (exact) mass is 1730 g/mol. The van der Waals surface area contributed by atoms with E-state index in [1.165, 1.54) is 22.3 Å². The summed E-state index contributed by atoms with van der Waals surface area (Å²) < 4.78 is 48.7. The van der Waals surface area contributed by atoms with Crippen LogP contribution in [0.25, 0.3) is 0 Å². The Hall–Kier alpha value is -12.8. The molecular formula is C108H126N6O14. The van der Waals surface area contributed by atoms with Crippen LogP contribution in [0.3, 0.4) is 0 Å². The maximum atomic E-state index is 11.6. The van der Waals surface area contributed by atoms with E-state index in [0.29, 0.717) is 106 Å². The van der Waals surface area contributed by atoms with E-state index in [-0.39, 0.29) is 28.1 Å². The van der Waals surface area contributed by atoms with Crippen molar-refractivity contribution in [2.75, 3.05) is 33.9 Å². The first kappa shape index (κ1) is 97.4. The molecule has 0 spiro atoms. The fourth-order valence-electron chi connectivity index (χ4n) is 14.0. The fraction of sp³-hybridized carbons (Fsp3) is 0.306. The van der Waals surface area contributed by atoms with E-state index in [4.69, 9.17) is 55.1 Å². The van der Waals surface area contributed by atoms with Gasteiger partial charge in [0.05, 0.1) is 14.2 Å². The third-order valence-electron chi connectivity index (χ3n) is 21.7. The van der Waals surface area contributed by atoms with Gasteiger partial charge < -0.3 is 70.4 Å². The van der Waals surface area contributed by atoms with Gasteiger partial charge in [-0.15, -0.1) is 0 Å². The second kappa shape index (κ2) is 46.1. The van der Waals surface area contributed by atoms with Crippen LogP contribution in [0.2, 0.25) is 0 Å². The van der Waals surface area contributed by atoms with Crippen LogP contribution in [0.15, 0.2) is 291 Å². The molecule has 0 amide bonds. The summed E-state index contributed by atoms with van der Waals surface area (Å²) >= 11 is 0. The number of nitrogens with two attached hydrogens (primary N) is 3. The minimum Gasteiger partial charge on any atom is -0.497 e. The SMILES string of the molecule is CC(C)(C)c1ccc(Oc2ccccc2CN(CC[C@H](N)C(=O)O)Cc2ccccc2Oc2ccc(C(C)(C)C)cc2)cc1.CC(C)(C)c1cccc(Oc2ccccc2CN(CC[C@H](N)C(=O)O)Cc2ccccc2Oc2cccc(C(C)(C)C)c2)c1.COc1cccc(Oc2ccccc2CN(CC[C@H](N)C(=O)O)Cc2ccccc2Oc2cccc(OC)c2)c1. The molecule has 0 aromatic heterocycles. The lowest BCUT2D eigenvalue weighted by atomic mass is 9.87. The molecule has 0 bridgehead atoms. The molecule has 672 valence electrons. The second-order valence-electron chi connectivity index (χ2n) is 36.1. The topological polar surface area (TPSA) is 274 Å². The second-order valence-corrected chi connectivity index (χ2v) is 36.1. The fourth-order valence-corrected chi connectivity index (χ4v) is 14.0. The Morgan fingerprint density at radius 1 is 0.258 bits per heavy atom. The normalized spacial score (nSPS) is 12.3. The average Bonchev–Trinajstić information content (AvgIpc) is 0.835. The van der Waals surface area contributed by atoms with Crippen molar-refractivity contribution >= 4 is 17.9 Å². The molecule has 12 aromatic carbocycles. The maximum absolute atomic E-state index is 11.6. The van der Waals surface area contributed by atoms with Gasteiger partial charge in [-0.25, -0.2) is 0 Å². The van der Waals surface area contributed by atoms with E-state index in [9.17, 15) is 29.7 Å². The van der Waals surface area contributed by atoms with Crippen molar-refractivity contribution in [3.05, 3.63) is 347 Å². The van der Waals surface area contributed by atoms with Gasteiger partial charge in [0.1, 0.15) is 98.6 Å². The molecule has 0 aliphatic rings. The number of hydrogen-bond acceptors (Lipinski definition) is 17. The van der Waals surface area contributed by atoms with Crippen LogP contribution in [-0.4, -0.2) is 99.9 Å². The Morgan fingerprint density at radius 3 is 0.680 bits per heavy atom. The largest absolute Gasteiger partial charge is 0.497 e. The number of hydrogen-bond donors (Lipinski definition) is 6. The molecule has 9 N–H and O–H groups in total. The third-order valence-corrected chi connectivity index (χ3v) is 21.7. The number of carboxylic acids is 3. The molecule has 0 radical (unpaired) electrons. The summed E-state index contributed by atoms with van der Waals surface area (Å²) in [4.78, 5) is 41.1. The van der Waals surface area contributed by atoms with Crippen molar-refractivity contribution in [1.29, 1.82) is 0 Å². The molecule has 0 fully saturated rings. The van der Waals surface area contributed by atoms with E-state index < -0.39 is 36.0 Å². The number of methoxy groups -OCH3 is 2. The molecule has 0 saturated carbocycles. The van der Waals surface area contributed by atoms with Gasteiger partial charge in [-0.1, -0.05) is 253 Å². The van der Waals surface area contributed by atoms with Gasteiger partial charge in [-0.3, -0.25) is 29.1 Å². The molecule has 12 rings (SSSR count). The minimum absolute atomic E-state index is 0.00210. The van der Waals surface area contributed by atoms with E-state index >= 15 is 0 Å². The van der Waals surface area contributed by atoms with Crippen molar-refractivity contribution in [2.24, 2.45) is 17.2 Å². The molecule has 0 unspecified atom stereocenters. The van der Waals surface area contributed by atoms with Crippen molar-refractivity contribution < 1.29 is 67.6 Å². The molecule has 128 heavy (non-hydrogen) atoms. The van der Waals surface area contributed by atoms with Gasteiger partial charge in [0, 0.05) is 104 Å². The Bertz CT molecular complexity index is 5250. The standard InChI is InChI=1S/2C38H46N2O4.C32H34N2O6/c1-37(2,3)29-15-11-17-31(23-29)43-34-19-9-7-13-27(34)25-40(22-21-33(39)36(41)42)26-28-14-8-10-20-35(28)44-32-18-12-16-30(24-32)38(4,5)6;1-37(2,3)29-15-19-31(20-16-29)43-34-13-9-7-11-27(34)25-40(24-23-33(39)36(41)42)26-28-12-8-10-14-35(28)44-32-21-17-30(18-22-32)38(4,5)6;1-37-25-11-7-13-27(19-25)39-30-15-5-3-9-23(30)21-34(18-17-29(33)32(35)36)22-24-10-4-6-16-31(24)40-28-14-8-12-26(20-28)38-2/h7-20,23-24,33H,21-22,25-26,39H2,1-6H3,(H,41,42);7-22,33H,23-26,39H2,1-6H3,(H,41,42);3-16,19-20,29H,17-18,21-22,33H2,1-2H3,(H,35,36)/t2*33-;29-/m000/s1. The zero-order valence-corrected chi connectivity index (χ0v) is 76.3. The summed E-state index contributed by atoms with van der Waals surface area (Å²) in [6.45, 7) is 30.8. The number of benzene rings is 12. The van der Waals surface area contributed by atoms with Crippen molar-refractivity contribution in [3.8, 4) is 80.5 Å². The number of carboxylic acid groups (broad SMARTS) is 3. The predicted molar refractivity (Wildman–Crippen MR) is 509 cm³/mol. The first-order chi connectivity index (χ1) is 61.0. The molecule has 3 atom stereocenters. The van der Waals surface area contributed by atoms with Crippen LogP contribution >= 0.6 is 0 Å². The van der Waals surface area contributed by atoms with Crippen LogP contribution in [0.1, 0.15) is 158 Å². The summed E-state index contributed by atoms with van der Waals surface area (Å²) in [5.41, 5.74) is 28.6.